The molecule has 2 heterocycles. The third kappa shape index (κ3) is 1.98. The maximum Gasteiger partial charge on any atom is 0.266 e. The van der Waals surface area contributed by atoms with Crippen molar-refractivity contribution in [1.82, 2.24) is 4.72 Å². The molecule has 108 valence electrons. The summed E-state index contributed by atoms with van der Waals surface area (Å²) in [6, 6.07) is 3.61. The number of anilines is 1. The van der Waals surface area contributed by atoms with Gasteiger partial charge in [0.2, 0.25) is 0 Å². The summed E-state index contributed by atoms with van der Waals surface area (Å²) in [7, 11) is -3.69. The molecule has 6 heteroatoms. The van der Waals surface area contributed by atoms with Crippen LogP contribution in [0, 0.1) is 0 Å². The average molecular weight is 294 g/mol. The van der Waals surface area contributed by atoms with E-state index < -0.39 is 15.9 Å². The van der Waals surface area contributed by atoms with E-state index in [9.17, 15) is 13.2 Å². The van der Waals surface area contributed by atoms with Gasteiger partial charge in [-0.25, -0.2) is 13.1 Å². The van der Waals surface area contributed by atoms with E-state index in [0.717, 1.165) is 37.2 Å². The maximum atomic E-state index is 12.1. The van der Waals surface area contributed by atoms with Crippen LogP contribution >= 0.6 is 0 Å². The first-order chi connectivity index (χ1) is 9.40. The zero-order valence-electron chi connectivity index (χ0n) is 11.6. The van der Waals surface area contributed by atoms with E-state index in [2.05, 4.69) is 9.62 Å². The fraction of sp³-hybridized carbons (Fsp3) is 0.500. The zero-order valence-corrected chi connectivity index (χ0v) is 12.5. The average Bonchev–Trinajstić information content (AvgIpc) is 2.96. The molecule has 1 aromatic carbocycles. The van der Waals surface area contributed by atoms with E-state index in [-0.39, 0.29) is 10.8 Å². The highest BCUT2D eigenvalue weighted by atomic mass is 32.2. The molecular formula is C14H18N2O3S. The lowest BCUT2D eigenvalue weighted by Gasteiger charge is -2.20. The summed E-state index contributed by atoms with van der Waals surface area (Å²) >= 11 is 0. The molecular weight excluding hydrogens is 276 g/mol. The second-order valence-corrected chi connectivity index (χ2v) is 7.34. The maximum absolute atomic E-state index is 12.1. The monoisotopic (exact) mass is 294 g/mol. The predicted molar refractivity (Wildman–Crippen MR) is 76.6 cm³/mol. The molecule has 0 aliphatic carbocycles. The number of hydrogen-bond donors (Lipinski definition) is 1. The number of nitrogens with one attached hydrogen (secondary N) is 1. The first-order valence-corrected chi connectivity index (χ1v) is 8.38. The van der Waals surface area contributed by atoms with Crippen molar-refractivity contribution >= 4 is 21.6 Å². The highest BCUT2D eigenvalue weighted by Gasteiger charge is 2.36. The smallest absolute Gasteiger partial charge is 0.266 e. The van der Waals surface area contributed by atoms with Crippen molar-refractivity contribution in [3.63, 3.8) is 0 Å². The number of carbonyl (C=O) groups is 1. The molecule has 0 saturated carbocycles. The predicted octanol–water partition coefficient (Wildman–Crippen LogP) is 1.84. The molecule has 0 bridgehead atoms. The van der Waals surface area contributed by atoms with Gasteiger partial charge in [0.1, 0.15) is 4.90 Å². The summed E-state index contributed by atoms with van der Waals surface area (Å²) < 4.78 is 26.2. The molecule has 1 amide bonds. The number of amides is 1. The van der Waals surface area contributed by atoms with Crippen LogP contribution in [-0.2, 0) is 10.0 Å². The number of sulfonamides is 1. The van der Waals surface area contributed by atoms with Gasteiger partial charge in [-0.3, -0.25) is 4.79 Å². The number of rotatable bonds is 2. The molecule has 1 N–H and O–H groups in total. The summed E-state index contributed by atoms with van der Waals surface area (Å²) in [5.74, 6) is -0.401. The van der Waals surface area contributed by atoms with E-state index in [0.29, 0.717) is 5.56 Å². The largest absolute Gasteiger partial charge is 0.371 e. The molecule has 5 nitrogen and oxygen atoms in total. The minimum atomic E-state index is -3.69. The van der Waals surface area contributed by atoms with Crippen LogP contribution in [0.15, 0.2) is 17.0 Å². The third-order valence-electron chi connectivity index (χ3n) is 3.95. The molecule has 0 atom stereocenters. The second kappa shape index (κ2) is 4.48. The van der Waals surface area contributed by atoms with Crippen LogP contribution < -0.4 is 9.62 Å². The Bertz CT molecular complexity index is 674. The van der Waals surface area contributed by atoms with Gasteiger partial charge in [-0.15, -0.1) is 0 Å². The Morgan fingerprint density at radius 3 is 2.45 bits per heavy atom. The SMILES string of the molecule is CC(C)c1cc(N2CCCC2)cc2c1C(=O)NS2(=O)=O. The Hall–Kier alpha value is -1.56. The van der Waals surface area contributed by atoms with Gasteiger partial charge in [0, 0.05) is 18.8 Å². The minimum absolute atomic E-state index is 0.102. The molecule has 0 spiro atoms. The van der Waals surface area contributed by atoms with Crippen LogP contribution in [0.5, 0.6) is 0 Å². The quantitative estimate of drug-likeness (QED) is 0.904. The third-order valence-corrected chi connectivity index (χ3v) is 5.31. The fourth-order valence-corrected chi connectivity index (χ4v) is 4.13. The summed E-state index contributed by atoms with van der Waals surface area (Å²) in [5.41, 5.74) is 2.04. The van der Waals surface area contributed by atoms with Crippen LogP contribution in [0.4, 0.5) is 5.69 Å². The number of fused-ring (bicyclic) bond motifs is 1. The van der Waals surface area contributed by atoms with E-state index >= 15 is 0 Å². The van der Waals surface area contributed by atoms with Gasteiger partial charge in [-0.2, -0.15) is 0 Å². The Labute approximate surface area is 119 Å². The number of nitrogens with zero attached hydrogens (tertiary/aromatic N) is 1. The van der Waals surface area contributed by atoms with Crippen molar-refractivity contribution in [2.24, 2.45) is 0 Å². The van der Waals surface area contributed by atoms with Crippen LogP contribution in [0.25, 0.3) is 0 Å². The van der Waals surface area contributed by atoms with Crippen molar-refractivity contribution in [3.8, 4) is 0 Å². The lowest BCUT2D eigenvalue weighted by molar-refractivity contribution is 0.0984. The van der Waals surface area contributed by atoms with E-state index in [1.165, 1.54) is 0 Å². The number of benzene rings is 1. The number of hydrogen-bond acceptors (Lipinski definition) is 4. The summed E-state index contributed by atoms with van der Waals surface area (Å²) in [6.07, 6.45) is 2.25. The van der Waals surface area contributed by atoms with E-state index in [1.54, 1.807) is 6.07 Å². The molecule has 0 aromatic heterocycles. The number of carbonyl (C=O) groups excluding carboxylic acids is 1. The first kappa shape index (κ1) is 13.4. The van der Waals surface area contributed by atoms with E-state index in [1.807, 2.05) is 19.9 Å². The van der Waals surface area contributed by atoms with Gasteiger partial charge in [-0.05, 0) is 36.5 Å². The van der Waals surface area contributed by atoms with Crippen molar-refractivity contribution in [1.29, 1.82) is 0 Å². The van der Waals surface area contributed by atoms with Gasteiger partial charge in [0.25, 0.3) is 15.9 Å². The first-order valence-electron chi connectivity index (χ1n) is 6.90. The van der Waals surface area contributed by atoms with Crippen LogP contribution in [-0.4, -0.2) is 27.4 Å². The molecule has 2 aliphatic heterocycles. The zero-order chi connectivity index (χ0) is 14.5. The summed E-state index contributed by atoms with van der Waals surface area (Å²) in [6.45, 7) is 5.83. The van der Waals surface area contributed by atoms with Gasteiger partial charge in [0.05, 0.1) is 5.56 Å². The van der Waals surface area contributed by atoms with Crippen molar-refractivity contribution in [3.05, 3.63) is 23.3 Å². The highest BCUT2D eigenvalue weighted by Crippen LogP contribution is 2.35. The van der Waals surface area contributed by atoms with Gasteiger partial charge in [-0.1, -0.05) is 13.8 Å². The molecule has 1 fully saturated rings. The highest BCUT2D eigenvalue weighted by molar-refractivity contribution is 7.90. The van der Waals surface area contributed by atoms with Crippen LogP contribution in [0.1, 0.15) is 48.5 Å². The second-order valence-electron chi connectivity index (χ2n) is 5.69. The molecule has 3 rings (SSSR count). The summed E-state index contributed by atoms with van der Waals surface area (Å²) in [4.78, 5) is 14.3. The Morgan fingerprint density at radius 1 is 1.20 bits per heavy atom. The summed E-state index contributed by atoms with van der Waals surface area (Å²) in [5, 5.41) is 0. The molecule has 2 aliphatic rings. The van der Waals surface area contributed by atoms with Crippen molar-refractivity contribution < 1.29 is 13.2 Å². The molecule has 20 heavy (non-hydrogen) atoms. The molecule has 1 aromatic rings. The Morgan fingerprint density at radius 2 is 1.85 bits per heavy atom. The molecule has 0 radical (unpaired) electrons. The topological polar surface area (TPSA) is 66.5 Å². The normalized spacial score (nSPS) is 20.4. The standard InChI is InChI=1S/C14H18N2O3S/c1-9(2)11-7-10(16-5-3-4-6-16)8-12-13(11)14(17)15-20(12,18)19/h7-9H,3-6H2,1-2H3,(H,15,17). The van der Waals surface area contributed by atoms with Crippen LogP contribution in [0.2, 0.25) is 0 Å². The fourth-order valence-electron chi connectivity index (χ4n) is 2.92. The van der Waals surface area contributed by atoms with Gasteiger partial charge < -0.3 is 4.90 Å². The van der Waals surface area contributed by atoms with Crippen molar-refractivity contribution in [2.45, 2.75) is 37.5 Å². The molecule has 0 unspecified atom stereocenters. The van der Waals surface area contributed by atoms with E-state index in [4.69, 9.17) is 0 Å². The van der Waals surface area contributed by atoms with Crippen molar-refractivity contribution in [2.75, 3.05) is 18.0 Å². The lowest BCUT2D eigenvalue weighted by atomic mass is 9.96. The van der Waals surface area contributed by atoms with Gasteiger partial charge in [0.15, 0.2) is 0 Å². The Kier molecular flexibility index (Phi) is 3.01. The lowest BCUT2D eigenvalue weighted by Crippen LogP contribution is -2.21. The Balaban J connectivity index is 2.22. The van der Waals surface area contributed by atoms with Crippen LogP contribution in [0.3, 0.4) is 0 Å². The minimum Gasteiger partial charge on any atom is -0.371 e. The molecule has 1 saturated heterocycles. The van der Waals surface area contributed by atoms with Gasteiger partial charge >= 0.3 is 0 Å².